The summed E-state index contributed by atoms with van der Waals surface area (Å²) in [6, 6.07) is 4.34. The molecule has 0 spiro atoms. The van der Waals surface area contributed by atoms with Crippen molar-refractivity contribution >= 4 is 22.9 Å². The number of aryl methyl sites for hydroxylation is 1. The van der Waals surface area contributed by atoms with Crippen LogP contribution in [0.3, 0.4) is 0 Å². The highest BCUT2D eigenvalue weighted by atomic mass is 35.5. The van der Waals surface area contributed by atoms with Crippen molar-refractivity contribution in [3.05, 3.63) is 21.9 Å². The third-order valence-electron chi connectivity index (χ3n) is 2.60. The molecule has 1 aromatic heterocycles. The van der Waals surface area contributed by atoms with Gasteiger partial charge in [0.05, 0.1) is 5.38 Å². The fourth-order valence-electron chi connectivity index (χ4n) is 1.57. The minimum atomic E-state index is 0.289. The molecule has 0 aromatic carbocycles. The van der Waals surface area contributed by atoms with E-state index in [1.165, 1.54) is 29.0 Å². The summed E-state index contributed by atoms with van der Waals surface area (Å²) in [5.41, 5.74) is 0. The molecule has 1 fully saturated rings. The third kappa shape index (κ3) is 1.53. The lowest BCUT2D eigenvalue weighted by Gasteiger charge is -2.29. The molecule has 0 radical (unpaired) electrons. The molecule has 2 rings (SSSR count). The summed E-state index contributed by atoms with van der Waals surface area (Å²) in [6.07, 6.45) is 4.02. The Balaban J connectivity index is 2.08. The van der Waals surface area contributed by atoms with E-state index in [0.29, 0.717) is 0 Å². The number of hydrogen-bond donors (Lipinski definition) is 0. The van der Waals surface area contributed by atoms with Crippen LogP contribution in [0.2, 0.25) is 0 Å². The van der Waals surface area contributed by atoms with Crippen LogP contribution in [-0.4, -0.2) is 0 Å². The molecule has 0 saturated heterocycles. The van der Waals surface area contributed by atoms with E-state index in [4.69, 9.17) is 11.6 Å². The lowest BCUT2D eigenvalue weighted by atomic mass is 9.82. The topological polar surface area (TPSA) is 0 Å². The second-order valence-corrected chi connectivity index (χ2v) is 5.33. The first-order valence-corrected chi connectivity index (χ1v) is 5.73. The van der Waals surface area contributed by atoms with Crippen LogP contribution in [0.5, 0.6) is 0 Å². The maximum absolute atomic E-state index is 6.33. The molecule has 1 unspecified atom stereocenters. The lowest BCUT2D eigenvalue weighted by molar-refractivity contribution is 0.307. The standard InChI is InChI=1S/C10H13ClS/c1-7-5-6-9(12-7)10(11)8-3-2-4-8/h5-6,8,10H,2-4H2,1H3. The Bertz CT molecular complexity index is 263. The fraction of sp³-hybridized carbons (Fsp3) is 0.600. The second-order valence-electron chi connectivity index (χ2n) is 3.54. The average molecular weight is 201 g/mol. The monoisotopic (exact) mass is 200 g/mol. The van der Waals surface area contributed by atoms with Crippen molar-refractivity contribution in [2.45, 2.75) is 31.6 Å². The van der Waals surface area contributed by atoms with Gasteiger partial charge in [0.25, 0.3) is 0 Å². The molecule has 2 heteroatoms. The first kappa shape index (κ1) is 8.58. The number of thiophene rings is 1. The van der Waals surface area contributed by atoms with Crippen LogP contribution in [0.25, 0.3) is 0 Å². The van der Waals surface area contributed by atoms with E-state index >= 15 is 0 Å². The van der Waals surface area contributed by atoms with Crippen LogP contribution in [0, 0.1) is 12.8 Å². The zero-order valence-electron chi connectivity index (χ0n) is 7.22. The predicted molar refractivity (Wildman–Crippen MR) is 55.0 cm³/mol. The van der Waals surface area contributed by atoms with Crippen molar-refractivity contribution in [2.24, 2.45) is 5.92 Å². The van der Waals surface area contributed by atoms with Gasteiger partial charge in [-0.2, -0.15) is 0 Å². The van der Waals surface area contributed by atoms with Crippen molar-refractivity contribution in [1.82, 2.24) is 0 Å². The van der Waals surface area contributed by atoms with Gasteiger partial charge in [0.1, 0.15) is 0 Å². The molecule has 12 heavy (non-hydrogen) atoms. The van der Waals surface area contributed by atoms with E-state index in [0.717, 1.165) is 5.92 Å². The van der Waals surface area contributed by atoms with Crippen molar-refractivity contribution in [3.63, 3.8) is 0 Å². The normalized spacial score (nSPS) is 20.5. The maximum atomic E-state index is 6.33. The van der Waals surface area contributed by atoms with Gasteiger partial charge in [-0.05, 0) is 37.8 Å². The summed E-state index contributed by atoms with van der Waals surface area (Å²) in [7, 11) is 0. The van der Waals surface area contributed by atoms with Crippen LogP contribution in [0.1, 0.15) is 34.4 Å². The molecule has 0 N–H and O–H groups in total. The van der Waals surface area contributed by atoms with Crippen molar-refractivity contribution in [2.75, 3.05) is 0 Å². The number of rotatable bonds is 2. The maximum Gasteiger partial charge on any atom is 0.0706 e. The second kappa shape index (κ2) is 3.39. The molecule has 0 aliphatic heterocycles. The summed E-state index contributed by atoms with van der Waals surface area (Å²) in [4.78, 5) is 2.73. The number of hydrogen-bond acceptors (Lipinski definition) is 1. The molecule has 1 aliphatic carbocycles. The first-order chi connectivity index (χ1) is 5.77. The Morgan fingerprint density at radius 1 is 1.50 bits per heavy atom. The van der Waals surface area contributed by atoms with Gasteiger partial charge in [-0.25, -0.2) is 0 Å². The smallest absolute Gasteiger partial charge is 0.0706 e. The van der Waals surface area contributed by atoms with Gasteiger partial charge in [0.2, 0.25) is 0 Å². The number of alkyl halides is 1. The van der Waals surface area contributed by atoms with E-state index in [2.05, 4.69) is 19.1 Å². The van der Waals surface area contributed by atoms with E-state index in [1.54, 1.807) is 0 Å². The average Bonchev–Trinajstić information content (AvgIpc) is 2.31. The van der Waals surface area contributed by atoms with Crippen molar-refractivity contribution < 1.29 is 0 Å². The molecule has 1 aliphatic rings. The van der Waals surface area contributed by atoms with Gasteiger partial charge in [0, 0.05) is 9.75 Å². The summed E-state index contributed by atoms with van der Waals surface area (Å²) in [5, 5.41) is 0.289. The highest BCUT2D eigenvalue weighted by Crippen LogP contribution is 2.43. The minimum absolute atomic E-state index is 0.289. The quantitative estimate of drug-likeness (QED) is 0.630. The SMILES string of the molecule is Cc1ccc(C(Cl)C2CCC2)s1. The van der Waals surface area contributed by atoms with Gasteiger partial charge in [-0.15, -0.1) is 22.9 Å². The van der Waals surface area contributed by atoms with Crippen molar-refractivity contribution in [1.29, 1.82) is 0 Å². The summed E-state index contributed by atoms with van der Waals surface area (Å²) >= 11 is 8.17. The molecule has 1 saturated carbocycles. The Morgan fingerprint density at radius 3 is 2.67 bits per heavy atom. The van der Waals surface area contributed by atoms with Gasteiger partial charge in [-0.1, -0.05) is 6.42 Å². The highest BCUT2D eigenvalue weighted by molar-refractivity contribution is 7.12. The van der Waals surface area contributed by atoms with Crippen LogP contribution >= 0.6 is 22.9 Å². The zero-order chi connectivity index (χ0) is 8.55. The molecule has 0 bridgehead atoms. The molecule has 1 aromatic rings. The largest absolute Gasteiger partial charge is 0.144 e. The molecule has 0 amide bonds. The highest BCUT2D eigenvalue weighted by Gasteiger charge is 2.27. The van der Waals surface area contributed by atoms with Gasteiger partial charge < -0.3 is 0 Å². The predicted octanol–water partition coefficient (Wildman–Crippen LogP) is 4.14. The van der Waals surface area contributed by atoms with E-state index in [-0.39, 0.29) is 5.38 Å². The fourth-order valence-corrected chi connectivity index (χ4v) is 2.97. The number of halogens is 1. The Hall–Kier alpha value is -0.0100. The Morgan fingerprint density at radius 2 is 2.25 bits per heavy atom. The van der Waals surface area contributed by atoms with E-state index < -0.39 is 0 Å². The molecule has 66 valence electrons. The first-order valence-electron chi connectivity index (χ1n) is 4.48. The van der Waals surface area contributed by atoms with Crippen LogP contribution in [-0.2, 0) is 0 Å². The van der Waals surface area contributed by atoms with E-state index in [1.807, 2.05) is 11.3 Å². The molecule has 0 nitrogen and oxygen atoms in total. The van der Waals surface area contributed by atoms with E-state index in [9.17, 15) is 0 Å². The third-order valence-corrected chi connectivity index (χ3v) is 4.40. The molecular formula is C10H13ClS. The van der Waals surface area contributed by atoms with Gasteiger partial charge >= 0.3 is 0 Å². The van der Waals surface area contributed by atoms with Gasteiger partial charge in [-0.3, -0.25) is 0 Å². The minimum Gasteiger partial charge on any atom is -0.144 e. The van der Waals surface area contributed by atoms with Crippen LogP contribution in [0.15, 0.2) is 12.1 Å². The molecule has 1 heterocycles. The molecular weight excluding hydrogens is 188 g/mol. The summed E-state index contributed by atoms with van der Waals surface area (Å²) in [6.45, 7) is 2.14. The summed E-state index contributed by atoms with van der Waals surface area (Å²) in [5.74, 6) is 0.754. The zero-order valence-corrected chi connectivity index (χ0v) is 8.79. The Labute approximate surface area is 82.6 Å². The summed E-state index contributed by atoms with van der Waals surface area (Å²) < 4.78 is 0. The lowest BCUT2D eigenvalue weighted by Crippen LogP contribution is -2.15. The van der Waals surface area contributed by atoms with Crippen molar-refractivity contribution in [3.8, 4) is 0 Å². The Kier molecular flexibility index (Phi) is 2.42. The van der Waals surface area contributed by atoms with Crippen LogP contribution in [0.4, 0.5) is 0 Å². The molecule has 1 atom stereocenters. The van der Waals surface area contributed by atoms with Gasteiger partial charge in [0.15, 0.2) is 0 Å². The van der Waals surface area contributed by atoms with Crippen LogP contribution < -0.4 is 0 Å².